The average Bonchev–Trinajstić information content (AvgIpc) is 2.97. The molecule has 0 fully saturated rings. The summed E-state index contributed by atoms with van der Waals surface area (Å²) in [5.74, 6) is 0.0835. The molecule has 2 aromatic rings. The molecule has 3 N–H and O–H groups in total. The summed E-state index contributed by atoms with van der Waals surface area (Å²) >= 11 is 0. The maximum atomic E-state index is 11.2. The molecule has 0 aliphatic rings. The standard InChI is InChI=1S/C20H30N4O2/c1-6-14(2)12-21-13-16-19(20(3,4)5)22-17-11-15(9-10-24(16)17)7-8-18(25)23-26/h7-11,14,21,26H,6,12-13H2,1-5H3,(H,23,25)/b8-7+. The molecule has 0 saturated carbocycles. The van der Waals surface area contributed by atoms with Gasteiger partial charge in [0.1, 0.15) is 5.65 Å². The van der Waals surface area contributed by atoms with Gasteiger partial charge in [-0.1, -0.05) is 41.0 Å². The highest BCUT2D eigenvalue weighted by atomic mass is 16.5. The Labute approximate surface area is 155 Å². The van der Waals surface area contributed by atoms with E-state index in [4.69, 9.17) is 10.2 Å². The number of nitrogens with zero attached hydrogens (tertiary/aromatic N) is 2. The molecule has 6 nitrogen and oxygen atoms in total. The van der Waals surface area contributed by atoms with E-state index in [1.54, 1.807) is 11.6 Å². The molecule has 0 radical (unpaired) electrons. The third-order valence-corrected chi connectivity index (χ3v) is 4.48. The van der Waals surface area contributed by atoms with Crippen LogP contribution >= 0.6 is 0 Å². The van der Waals surface area contributed by atoms with Gasteiger partial charge in [0.25, 0.3) is 5.91 Å². The van der Waals surface area contributed by atoms with Crippen LogP contribution in [0.2, 0.25) is 0 Å². The minimum atomic E-state index is -0.557. The fourth-order valence-electron chi connectivity index (χ4n) is 2.77. The number of carbonyl (C=O) groups excluding carboxylic acids is 1. The Balaban J connectivity index is 2.35. The second-order valence-electron chi connectivity index (χ2n) is 7.80. The lowest BCUT2D eigenvalue weighted by Crippen LogP contribution is -2.24. The first-order chi connectivity index (χ1) is 12.3. The van der Waals surface area contributed by atoms with Crippen molar-refractivity contribution < 1.29 is 10.0 Å². The summed E-state index contributed by atoms with van der Waals surface area (Å²) in [6, 6.07) is 3.87. The highest BCUT2D eigenvalue weighted by Crippen LogP contribution is 2.27. The van der Waals surface area contributed by atoms with Crippen molar-refractivity contribution >= 4 is 17.6 Å². The van der Waals surface area contributed by atoms with Gasteiger partial charge in [0.2, 0.25) is 0 Å². The van der Waals surface area contributed by atoms with Crippen molar-refractivity contribution in [3.63, 3.8) is 0 Å². The Morgan fingerprint density at radius 2 is 2.15 bits per heavy atom. The Kier molecular flexibility index (Phi) is 6.56. The molecule has 0 bridgehead atoms. The largest absolute Gasteiger partial charge is 0.311 e. The SMILES string of the molecule is CCC(C)CNCc1c(C(C)(C)C)nc2cc(/C=C/C(=O)NO)ccn12. The molecule has 0 aliphatic heterocycles. The summed E-state index contributed by atoms with van der Waals surface area (Å²) < 4.78 is 2.10. The zero-order valence-corrected chi connectivity index (χ0v) is 16.3. The van der Waals surface area contributed by atoms with E-state index in [1.807, 2.05) is 18.3 Å². The Morgan fingerprint density at radius 1 is 1.42 bits per heavy atom. The van der Waals surface area contributed by atoms with Gasteiger partial charge in [-0.2, -0.15) is 0 Å². The summed E-state index contributed by atoms with van der Waals surface area (Å²) in [5, 5.41) is 12.1. The average molecular weight is 358 g/mol. The molecular formula is C20H30N4O2. The monoisotopic (exact) mass is 358 g/mol. The number of carbonyl (C=O) groups is 1. The van der Waals surface area contributed by atoms with E-state index in [0.29, 0.717) is 5.92 Å². The Hall–Kier alpha value is -2.18. The number of fused-ring (bicyclic) bond motifs is 1. The maximum Gasteiger partial charge on any atom is 0.267 e. The van der Waals surface area contributed by atoms with Crippen LogP contribution in [-0.4, -0.2) is 27.0 Å². The number of hydroxylamine groups is 1. The van der Waals surface area contributed by atoms with E-state index < -0.39 is 5.91 Å². The van der Waals surface area contributed by atoms with Crippen molar-refractivity contribution in [2.75, 3.05) is 6.54 Å². The molecule has 0 saturated heterocycles. The number of amides is 1. The molecule has 26 heavy (non-hydrogen) atoms. The van der Waals surface area contributed by atoms with Gasteiger partial charge in [-0.05, 0) is 36.2 Å². The molecule has 2 aromatic heterocycles. The number of pyridine rings is 1. The quantitative estimate of drug-likeness (QED) is 0.403. The van der Waals surface area contributed by atoms with Crippen LogP contribution in [0.5, 0.6) is 0 Å². The summed E-state index contributed by atoms with van der Waals surface area (Å²) in [4.78, 5) is 16.0. The fraction of sp³-hybridized carbons (Fsp3) is 0.500. The molecule has 6 heteroatoms. The summed E-state index contributed by atoms with van der Waals surface area (Å²) in [5.41, 5.74) is 5.46. The third kappa shape index (κ3) is 4.93. The van der Waals surface area contributed by atoms with Crippen LogP contribution in [0.4, 0.5) is 0 Å². The molecule has 1 unspecified atom stereocenters. The molecule has 0 aliphatic carbocycles. The minimum absolute atomic E-state index is 0.0633. The van der Waals surface area contributed by atoms with E-state index in [0.717, 1.165) is 36.4 Å². The highest BCUT2D eigenvalue weighted by Gasteiger charge is 2.23. The van der Waals surface area contributed by atoms with E-state index >= 15 is 0 Å². The predicted molar refractivity (Wildman–Crippen MR) is 104 cm³/mol. The number of aromatic nitrogens is 2. The second-order valence-corrected chi connectivity index (χ2v) is 7.80. The molecular weight excluding hydrogens is 328 g/mol. The zero-order chi connectivity index (χ0) is 19.3. The summed E-state index contributed by atoms with van der Waals surface area (Å²) in [6.07, 6.45) is 6.07. The second kappa shape index (κ2) is 8.47. The van der Waals surface area contributed by atoms with Crippen molar-refractivity contribution in [3.05, 3.63) is 41.4 Å². The molecule has 1 amide bonds. The van der Waals surface area contributed by atoms with Crippen LogP contribution in [-0.2, 0) is 16.8 Å². The highest BCUT2D eigenvalue weighted by molar-refractivity contribution is 5.90. The fourth-order valence-corrected chi connectivity index (χ4v) is 2.77. The van der Waals surface area contributed by atoms with Gasteiger partial charge in [0, 0.05) is 24.2 Å². The molecule has 0 spiro atoms. The van der Waals surface area contributed by atoms with Crippen LogP contribution in [0.25, 0.3) is 11.7 Å². The lowest BCUT2D eigenvalue weighted by molar-refractivity contribution is -0.124. The van der Waals surface area contributed by atoms with Crippen LogP contribution in [0.3, 0.4) is 0 Å². The first-order valence-corrected chi connectivity index (χ1v) is 9.10. The van der Waals surface area contributed by atoms with E-state index in [1.165, 1.54) is 11.8 Å². The van der Waals surface area contributed by atoms with E-state index in [9.17, 15) is 4.79 Å². The van der Waals surface area contributed by atoms with Gasteiger partial charge in [0.05, 0.1) is 11.4 Å². The maximum absolute atomic E-state index is 11.2. The molecule has 0 aromatic carbocycles. The summed E-state index contributed by atoms with van der Waals surface area (Å²) in [6.45, 7) is 12.7. The molecule has 142 valence electrons. The van der Waals surface area contributed by atoms with E-state index in [-0.39, 0.29) is 5.41 Å². The topological polar surface area (TPSA) is 78.7 Å². The van der Waals surface area contributed by atoms with Crippen molar-refractivity contribution in [1.82, 2.24) is 20.2 Å². The van der Waals surface area contributed by atoms with Crippen molar-refractivity contribution in [1.29, 1.82) is 0 Å². The normalized spacial score (nSPS) is 13.5. The van der Waals surface area contributed by atoms with Gasteiger partial charge in [-0.25, -0.2) is 10.5 Å². The van der Waals surface area contributed by atoms with Crippen LogP contribution in [0.15, 0.2) is 24.4 Å². The van der Waals surface area contributed by atoms with Gasteiger partial charge in [0.15, 0.2) is 0 Å². The first-order valence-electron chi connectivity index (χ1n) is 9.10. The lowest BCUT2D eigenvalue weighted by atomic mass is 9.90. The zero-order valence-electron chi connectivity index (χ0n) is 16.3. The summed E-state index contributed by atoms with van der Waals surface area (Å²) in [7, 11) is 0. The predicted octanol–water partition coefficient (Wildman–Crippen LogP) is 3.29. The van der Waals surface area contributed by atoms with Gasteiger partial charge in [-0.15, -0.1) is 0 Å². The number of rotatable bonds is 7. The lowest BCUT2D eigenvalue weighted by Gasteiger charge is -2.19. The van der Waals surface area contributed by atoms with Gasteiger partial charge < -0.3 is 9.72 Å². The first kappa shape index (κ1) is 20.1. The van der Waals surface area contributed by atoms with Gasteiger partial charge >= 0.3 is 0 Å². The third-order valence-electron chi connectivity index (χ3n) is 4.48. The number of nitrogens with one attached hydrogen (secondary N) is 2. The Bertz CT molecular complexity index is 787. The van der Waals surface area contributed by atoms with Crippen LogP contribution in [0, 0.1) is 5.92 Å². The van der Waals surface area contributed by atoms with Crippen LogP contribution < -0.4 is 10.8 Å². The van der Waals surface area contributed by atoms with Gasteiger partial charge in [-0.3, -0.25) is 10.0 Å². The van der Waals surface area contributed by atoms with Crippen molar-refractivity contribution in [3.8, 4) is 0 Å². The van der Waals surface area contributed by atoms with Crippen molar-refractivity contribution in [2.24, 2.45) is 5.92 Å². The Morgan fingerprint density at radius 3 is 2.77 bits per heavy atom. The van der Waals surface area contributed by atoms with E-state index in [2.05, 4.69) is 44.3 Å². The van der Waals surface area contributed by atoms with Crippen LogP contribution in [0.1, 0.15) is 58.0 Å². The van der Waals surface area contributed by atoms with Crippen molar-refractivity contribution in [2.45, 2.75) is 53.0 Å². The molecule has 1 atom stereocenters. The molecule has 2 rings (SSSR count). The minimum Gasteiger partial charge on any atom is -0.311 e. The smallest absolute Gasteiger partial charge is 0.267 e. The number of hydrogen-bond donors (Lipinski definition) is 3. The number of imidazole rings is 1. The number of hydrogen-bond acceptors (Lipinski definition) is 4. The molecule has 2 heterocycles.